The Morgan fingerprint density at radius 3 is 2.25 bits per heavy atom. The van der Waals surface area contributed by atoms with E-state index in [1.165, 1.54) is 70.6 Å². The van der Waals surface area contributed by atoms with Gasteiger partial charge in [0.1, 0.15) is 5.75 Å². The predicted molar refractivity (Wildman–Crippen MR) is 199 cm³/mol. The number of hydrogen-bond acceptors (Lipinski definition) is 3. The molecule has 48 heavy (non-hydrogen) atoms. The third-order valence-corrected chi connectivity index (χ3v) is 13.9. The summed E-state index contributed by atoms with van der Waals surface area (Å²) in [6.45, 7) is 14.3. The molecule has 0 spiro atoms. The van der Waals surface area contributed by atoms with Gasteiger partial charge in [0, 0.05) is 6.61 Å². The number of rotatable bonds is 14. The van der Waals surface area contributed by atoms with Gasteiger partial charge in [-0.05, 0) is 152 Å². The van der Waals surface area contributed by atoms with Gasteiger partial charge in [0.05, 0.1) is 24.3 Å². The Balaban J connectivity index is 0.911. The molecule has 3 nitrogen and oxygen atoms in total. The Bertz CT molecular complexity index is 1400. The molecule has 3 heteroatoms. The van der Waals surface area contributed by atoms with Crippen LogP contribution in [-0.2, 0) is 4.74 Å². The molecule has 8 atom stereocenters. The number of nitrogens with zero attached hydrogens (tertiary/aromatic N) is 1. The molecule has 0 saturated heterocycles. The van der Waals surface area contributed by atoms with Gasteiger partial charge in [0.2, 0.25) is 0 Å². The smallest absolute Gasteiger partial charge is 0.119 e. The van der Waals surface area contributed by atoms with E-state index < -0.39 is 0 Å². The highest BCUT2D eigenvalue weighted by Gasteiger charge is 2.59. The molecular formula is C45H63NO2. The van der Waals surface area contributed by atoms with Crippen LogP contribution in [-0.4, -0.2) is 19.3 Å². The maximum Gasteiger partial charge on any atom is 0.119 e. The number of hydrogen-bond donors (Lipinski definition) is 0. The normalized spacial score (nSPS) is 31.7. The first kappa shape index (κ1) is 35.3. The second-order valence-electron chi connectivity index (χ2n) is 17.1. The van der Waals surface area contributed by atoms with Crippen LogP contribution in [0.1, 0.15) is 130 Å². The standard InChI is InChI=1S/C45H63NO2/c1-32(2)10-9-11-33(3)41-22-23-42-40-21-18-37-30-39(24-26-44(37,4)43(40)25-27-45(41,42)5)48-29-8-6-7-28-47-38-19-16-36(17-20-38)35-14-12-34(31-46)13-15-35/h12-20,32-33,39-43H,6-11,21-30H2,1-5H3/t33-,39+,40+,41-,42+,43+,44+,45-/m1/s1. The fraction of sp³-hybridized carbons (Fsp3) is 0.667. The average Bonchev–Trinajstić information content (AvgIpc) is 3.45. The van der Waals surface area contributed by atoms with Gasteiger partial charge in [-0.2, -0.15) is 5.26 Å². The molecule has 0 amide bonds. The molecule has 4 aliphatic carbocycles. The highest BCUT2D eigenvalue weighted by molar-refractivity contribution is 5.64. The molecule has 0 aliphatic heterocycles. The number of ether oxygens (including phenoxy) is 2. The van der Waals surface area contributed by atoms with Gasteiger partial charge < -0.3 is 9.47 Å². The van der Waals surface area contributed by atoms with Crippen LogP contribution in [0.25, 0.3) is 11.1 Å². The number of fused-ring (bicyclic) bond motifs is 5. The largest absolute Gasteiger partial charge is 0.494 e. The minimum Gasteiger partial charge on any atom is -0.494 e. The molecule has 0 N–H and O–H groups in total. The minimum atomic E-state index is 0.405. The molecule has 2 aromatic rings. The minimum absolute atomic E-state index is 0.405. The van der Waals surface area contributed by atoms with E-state index in [1.54, 1.807) is 5.57 Å². The summed E-state index contributed by atoms with van der Waals surface area (Å²) in [5, 5.41) is 9.02. The number of benzene rings is 2. The van der Waals surface area contributed by atoms with E-state index >= 15 is 0 Å². The molecule has 260 valence electrons. The lowest BCUT2D eigenvalue weighted by molar-refractivity contribution is -0.0641. The van der Waals surface area contributed by atoms with Gasteiger partial charge in [-0.1, -0.05) is 89.8 Å². The Morgan fingerprint density at radius 2 is 1.52 bits per heavy atom. The van der Waals surface area contributed by atoms with Crippen molar-refractivity contribution in [2.45, 2.75) is 131 Å². The van der Waals surface area contributed by atoms with Crippen molar-refractivity contribution < 1.29 is 9.47 Å². The fourth-order valence-electron chi connectivity index (χ4n) is 11.1. The molecule has 3 saturated carbocycles. The third-order valence-electron chi connectivity index (χ3n) is 13.9. The number of nitriles is 1. The van der Waals surface area contributed by atoms with Gasteiger partial charge in [-0.15, -0.1) is 0 Å². The van der Waals surface area contributed by atoms with Crippen molar-refractivity contribution >= 4 is 0 Å². The summed E-state index contributed by atoms with van der Waals surface area (Å²) >= 11 is 0. The van der Waals surface area contributed by atoms with Crippen LogP contribution < -0.4 is 4.74 Å². The van der Waals surface area contributed by atoms with Gasteiger partial charge in [0.25, 0.3) is 0 Å². The Kier molecular flexibility index (Phi) is 11.4. The zero-order valence-corrected chi connectivity index (χ0v) is 30.8. The zero-order valence-electron chi connectivity index (χ0n) is 30.8. The van der Waals surface area contributed by atoms with E-state index in [9.17, 15) is 0 Å². The van der Waals surface area contributed by atoms with Gasteiger partial charge in [-0.3, -0.25) is 0 Å². The maximum absolute atomic E-state index is 9.02. The fourth-order valence-corrected chi connectivity index (χ4v) is 11.1. The lowest BCUT2D eigenvalue weighted by Gasteiger charge is -2.58. The number of unbranched alkanes of at least 4 members (excludes halogenated alkanes) is 2. The van der Waals surface area contributed by atoms with Gasteiger partial charge in [-0.25, -0.2) is 0 Å². The van der Waals surface area contributed by atoms with E-state index in [2.05, 4.69) is 58.9 Å². The van der Waals surface area contributed by atoms with E-state index in [4.69, 9.17) is 14.7 Å². The summed E-state index contributed by atoms with van der Waals surface area (Å²) in [5.41, 5.74) is 5.66. The molecule has 4 aliphatic rings. The summed E-state index contributed by atoms with van der Waals surface area (Å²) in [6, 6.07) is 18.2. The highest BCUT2D eigenvalue weighted by Crippen LogP contribution is 2.67. The molecule has 2 aromatic carbocycles. The summed E-state index contributed by atoms with van der Waals surface area (Å²) < 4.78 is 12.5. The van der Waals surface area contributed by atoms with Crippen molar-refractivity contribution in [1.29, 1.82) is 5.26 Å². The van der Waals surface area contributed by atoms with Gasteiger partial charge in [0.15, 0.2) is 0 Å². The van der Waals surface area contributed by atoms with Crippen molar-refractivity contribution in [3.05, 3.63) is 65.7 Å². The van der Waals surface area contributed by atoms with Crippen LogP contribution in [0.5, 0.6) is 5.75 Å². The zero-order chi connectivity index (χ0) is 33.7. The first-order valence-electron chi connectivity index (χ1n) is 19.8. The second kappa shape index (κ2) is 15.5. The highest BCUT2D eigenvalue weighted by atomic mass is 16.5. The first-order chi connectivity index (χ1) is 23.2. The molecule has 0 bridgehead atoms. The van der Waals surface area contributed by atoms with E-state index in [0.717, 1.165) is 84.9 Å². The summed E-state index contributed by atoms with van der Waals surface area (Å²) in [7, 11) is 0. The van der Waals surface area contributed by atoms with Crippen LogP contribution in [0.4, 0.5) is 0 Å². The van der Waals surface area contributed by atoms with Crippen molar-refractivity contribution in [2.24, 2.45) is 46.3 Å². The monoisotopic (exact) mass is 649 g/mol. The molecule has 6 rings (SSSR count). The van der Waals surface area contributed by atoms with Crippen molar-refractivity contribution in [2.75, 3.05) is 13.2 Å². The quantitative estimate of drug-likeness (QED) is 0.151. The van der Waals surface area contributed by atoms with E-state index in [-0.39, 0.29) is 0 Å². The third kappa shape index (κ3) is 7.60. The summed E-state index contributed by atoms with van der Waals surface area (Å²) in [4.78, 5) is 0. The molecule has 0 aromatic heterocycles. The molecule has 3 fully saturated rings. The van der Waals surface area contributed by atoms with Gasteiger partial charge >= 0.3 is 0 Å². The Hall–Kier alpha value is -2.57. The van der Waals surface area contributed by atoms with E-state index in [0.29, 0.717) is 22.5 Å². The molecule has 0 heterocycles. The van der Waals surface area contributed by atoms with Crippen LogP contribution in [0, 0.1) is 57.7 Å². The van der Waals surface area contributed by atoms with Crippen molar-refractivity contribution in [3.8, 4) is 22.9 Å². The topological polar surface area (TPSA) is 42.2 Å². The predicted octanol–water partition coefficient (Wildman–Crippen LogP) is 12.2. The maximum atomic E-state index is 9.02. The molecule has 0 unspecified atom stereocenters. The summed E-state index contributed by atoms with van der Waals surface area (Å²) in [6.07, 6.45) is 21.6. The SMILES string of the molecule is CC(C)CCC[C@@H](C)[C@H]1CC[C@H]2[C@@H]3CC=C4C[C@@H](OCCCCCOc5ccc(-c6ccc(C#N)cc6)cc5)CC[C@]4(C)[C@H]3CC[C@]12C. The van der Waals surface area contributed by atoms with Crippen LogP contribution >= 0.6 is 0 Å². The Morgan fingerprint density at radius 1 is 0.792 bits per heavy atom. The lowest BCUT2D eigenvalue weighted by atomic mass is 9.47. The Labute approximate surface area is 292 Å². The van der Waals surface area contributed by atoms with Crippen LogP contribution in [0.2, 0.25) is 0 Å². The van der Waals surface area contributed by atoms with E-state index in [1.807, 2.05) is 36.4 Å². The molecular weight excluding hydrogens is 587 g/mol. The number of allylic oxidation sites excluding steroid dienone is 1. The first-order valence-corrected chi connectivity index (χ1v) is 19.8. The van der Waals surface area contributed by atoms with Crippen LogP contribution in [0.3, 0.4) is 0 Å². The average molecular weight is 650 g/mol. The molecule has 0 radical (unpaired) electrons. The van der Waals surface area contributed by atoms with Crippen molar-refractivity contribution in [1.82, 2.24) is 0 Å². The second-order valence-corrected chi connectivity index (χ2v) is 17.1. The van der Waals surface area contributed by atoms with Crippen LogP contribution in [0.15, 0.2) is 60.2 Å². The lowest BCUT2D eigenvalue weighted by Crippen LogP contribution is -2.51. The van der Waals surface area contributed by atoms with Crippen molar-refractivity contribution in [3.63, 3.8) is 0 Å². The summed E-state index contributed by atoms with van der Waals surface area (Å²) in [5.74, 6) is 6.32.